The van der Waals surface area contributed by atoms with E-state index in [-0.39, 0.29) is 11.9 Å². The minimum Gasteiger partial charge on any atom is -0.390 e. The van der Waals surface area contributed by atoms with E-state index in [1.807, 2.05) is 49.4 Å². The smallest absolute Gasteiger partial charge is 0.253 e. The molecule has 0 bridgehead atoms. The maximum atomic E-state index is 12.5. The average molecular weight is 346 g/mol. The van der Waals surface area contributed by atoms with Gasteiger partial charge in [-0.15, -0.1) is 0 Å². The molecule has 0 spiro atoms. The van der Waals surface area contributed by atoms with Crippen LogP contribution in [0.5, 0.6) is 0 Å². The molecule has 0 saturated carbocycles. The summed E-state index contributed by atoms with van der Waals surface area (Å²) in [5.41, 5.74) is 3.71. The zero-order valence-corrected chi connectivity index (χ0v) is 13.2. The van der Waals surface area contributed by atoms with Crippen LogP contribution in [0.3, 0.4) is 0 Å². The first kappa shape index (κ1) is 14.3. The van der Waals surface area contributed by atoms with E-state index < -0.39 is 6.10 Å². The number of carbonyl (C=O) groups is 1. The number of rotatable bonds is 2. The maximum Gasteiger partial charge on any atom is 0.253 e. The topological polar surface area (TPSA) is 49.3 Å². The number of amides is 1. The fourth-order valence-corrected chi connectivity index (χ4v) is 3.21. The normalized spacial score (nSPS) is 20.1. The summed E-state index contributed by atoms with van der Waals surface area (Å²) in [6, 6.07) is 13.1. The number of nitrogens with one attached hydrogen (secondary N) is 1. The molecule has 108 valence electrons. The Morgan fingerprint density at radius 2 is 2.05 bits per heavy atom. The highest BCUT2D eigenvalue weighted by Gasteiger charge is 2.32. The fraction of sp³-hybridized carbons (Fsp3) is 0.235. The molecule has 2 aromatic carbocycles. The molecule has 2 aromatic rings. The van der Waals surface area contributed by atoms with E-state index >= 15 is 0 Å². The molecule has 3 rings (SSSR count). The summed E-state index contributed by atoms with van der Waals surface area (Å²) >= 11 is 3.40. The van der Waals surface area contributed by atoms with Crippen molar-refractivity contribution in [3.63, 3.8) is 0 Å². The predicted octanol–water partition coefficient (Wildman–Crippen LogP) is 3.15. The largest absolute Gasteiger partial charge is 0.390 e. The molecule has 4 heteroatoms. The minimum atomic E-state index is -0.574. The first-order valence-corrected chi connectivity index (χ1v) is 7.68. The number of carbonyl (C=O) groups excluding carboxylic acids is 1. The zero-order chi connectivity index (χ0) is 15.0. The number of benzene rings is 2. The van der Waals surface area contributed by atoms with E-state index in [4.69, 9.17) is 0 Å². The second kappa shape index (κ2) is 5.62. The van der Waals surface area contributed by atoms with E-state index in [0.29, 0.717) is 12.0 Å². The van der Waals surface area contributed by atoms with E-state index in [0.717, 1.165) is 21.2 Å². The van der Waals surface area contributed by atoms with Crippen LogP contribution in [0.4, 0.5) is 0 Å². The Morgan fingerprint density at radius 3 is 2.86 bits per heavy atom. The Kier molecular flexibility index (Phi) is 3.83. The first-order chi connectivity index (χ1) is 10.1. The summed E-state index contributed by atoms with van der Waals surface area (Å²) < 4.78 is 0.756. The van der Waals surface area contributed by atoms with Crippen LogP contribution in [-0.2, 0) is 6.42 Å². The van der Waals surface area contributed by atoms with Gasteiger partial charge < -0.3 is 10.4 Å². The molecule has 0 aliphatic heterocycles. The van der Waals surface area contributed by atoms with Crippen molar-refractivity contribution in [1.82, 2.24) is 5.32 Å². The van der Waals surface area contributed by atoms with Crippen molar-refractivity contribution in [2.24, 2.45) is 0 Å². The molecule has 0 heterocycles. The van der Waals surface area contributed by atoms with Crippen LogP contribution < -0.4 is 5.32 Å². The predicted molar refractivity (Wildman–Crippen MR) is 85.2 cm³/mol. The molecule has 2 atom stereocenters. The molecule has 0 saturated heterocycles. The SMILES string of the molecule is Cc1ccc(Br)c(C(=O)N[C@@H]2c3ccccc3C[C@@H]2O)c1. The van der Waals surface area contributed by atoms with Crippen LogP contribution in [0.2, 0.25) is 0 Å². The zero-order valence-electron chi connectivity index (χ0n) is 11.6. The first-order valence-electron chi connectivity index (χ1n) is 6.89. The second-order valence-electron chi connectivity index (χ2n) is 5.40. The number of fused-ring (bicyclic) bond motifs is 1. The number of halogens is 1. The standard InChI is InChI=1S/C17H16BrNO2/c1-10-6-7-14(18)13(8-10)17(21)19-16-12-5-3-2-4-11(12)9-15(16)20/h2-8,15-16,20H,9H2,1H3,(H,19,21)/t15-,16+/m0/s1. The van der Waals surface area contributed by atoms with Crippen LogP contribution in [0.15, 0.2) is 46.9 Å². The van der Waals surface area contributed by atoms with Crippen LogP contribution in [0, 0.1) is 6.92 Å². The third-order valence-corrected chi connectivity index (χ3v) is 4.55. The number of aliphatic hydroxyl groups excluding tert-OH is 1. The Bertz CT molecular complexity index is 699. The van der Waals surface area contributed by atoms with Gasteiger partial charge in [-0.2, -0.15) is 0 Å². The van der Waals surface area contributed by atoms with Crippen LogP contribution >= 0.6 is 15.9 Å². The number of hydrogen-bond donors (Lipinski definition) is 2. The average Bonchev–Trinajstić information content (AvgIpc) is 2.78. The van der Waals surface area contributed by atoms with E-state index in [2.05, 4.69) is 21.2 Å². The van der Waals surface area contributed by atoms with Crippen LogP contribution in [0.1, 0.15) is 33.1 Å². The van der Waals surface area contributed by atoms with Crippen LogP contribution in [0.25, 0.3) is 0 Å². The van der Waals surface area contributed by atoms with Gasteiger partial charge in [0.1, 0.15) is 0 Å². The van der Waals surface area contributed by atoms with Gasteiger partial charge in [-0.05, 0) is 46.1 Å². The van der Waals surface area contributed by atoms with Gasteiger partial charge in [0.05, 0.1) is 17.7 Å². The monoisotopic (exact) mass is 345 g/mol. The highest BCUT2D eigenvalue weighted by molar-refractivity contribution is 9.10. The second-order valence-corrected chi connectivity index (χ2v) is 6.26. The summed E-state index contributed by atoms with van der Waals surface area (Å²) in [6.07, 6.45) is 0.00534. The Labute approximate surface area is 132 Å². The molecule has 0 aromatic heterocycles. The lowest BCUT2D eigenvalue weighted by molar-refractivity contribution is 0.0857. The van der Waals surface area contributed by atoms with Crippen molar-refractivity contribution in [2.75, 3.05) is 0 Å². The van der Waals surface area contributed by atoms with Gasteiger partial charge in [0.2, 0.25) is 0 Å². The molecular weight excluding hydrogens is 330 g/mol. The molecule has 2 N–H and O–H groups in total. The third-order valence-electron chi connectivity index (χ3n) is 3.86. The van der Waals surface area contributed by atoms with E-state index in [1.165, 1.54) is 0 Å². The van der Waals surface area contributed by atoms with Crippen molar-refractivity contribution in [3.8, 4) is 0 Å². The highest BCUT2D eigenvalue weighted by atomic mass is 79.9. The van der Waals surface area contributed by atoms with Gasteiger partial charge in [-0.3, -0.25) is 4.79 Å². The van der Waals surface area contributed by atoms with Gasteiger partial charge in [-0.25, -0.2) is 0 Å². The van der Waals surface area contributed by atoms with Crippen molar-refractivity contribution in [3.05, 3.63) is 69.2 Å². The Hall–Kier alpha value is -1.65. The van der Waals surface area contributed by atoms with Crippen molar-refractivity contribution < 1.29 is 9.90 Å². The molecular formula is C17H16BrNO2. The number of hydrogen-bond acceptors (Lipinski definition) is 2. The minimum absolute atomic E-state index is 0.175. The highest BCUT2D eigenvalue weighted by Crippen LogP contribution is 2.31. The van der Waals surface area contributed by atoms with Gasteiger partial charge in [0.15, 0.2) is 0 Å². The van der Waals surface area contributed by atoms with Gasteiger partial charge in [0, 0.05) is 10.9 Å². The lowest BCUT2D eigenvalue weighted by Crippen LogP contribution is -2.34. The maximum absolute atomic E-state index is 12.5. The third kappa shape index (κ3) is 2.74. The summed E-state index contributed by atoms with van der Waals surface area (Å²) in [4.78, 5) is 12.5. The molecule has 0 unspecified atom stereocenters. The lowest BCUT2D eigenvalue weighted by atomic mass is 10.1. The number of aryl methyl sites for hydroxylation is 1. The van der Waals surface area contributed by atoms with Gasteiger partial charge in [-0.1, -0.05) is 35.9 Å². The number of aliphatic hydroxyl groups is 1. The quantitative estimate of drug-likeness (QED) is 0.878. The van der Waals surface area contributed by atoms with E-state index in [1.54, 1.807) is 0 Å². The van der Waals surface area contributed by atoms with Gasteiger partial charge >= 0.3 is 0 Å². The molecule has 3 nitrogen and oxygen atoms in total. The summed E-state index contributed by atoms with van der Waals surface area (Å²) in [5.74, 6) is -0.175. The Balaban J connectivity index is 1.87. The molecule has 1 amide bonds. The Morgan fingerprint density at radius 1 is 1.29 bits per heavy atom. The summed E-state index contributed by atoms with van der Waals surface area (Å²) in [5, 5.41) is 13.2. The summed E-state index contributed by atoms with van der Waals surface area (Å²) in [6.45, 7) is 1.95. The van der Waals surface area contributed by atoms with Crippen molar-refractivity contribution in [2.45, 2.75) is 25.5 Å². The molecule has 0 fully saturated rings. The molecule has 21 heavy (non-hydrogen) atoms. The lowest BCUT2D eigenvalue weighted by Gasteiger charge is -2.18. The van der Waals surface area contributed by atoms with Crippen LogP contribution in [-0.4, -0.2) is 17.1 Å². The molecule has 1 aliphatic rings. The summed E-state index contributed by atoms with van der Waals surface area (Å²) in [7, 11) is 0. The van der Waals surface area contributed by atoms with E-state index in [9.17, 15) is 9.90 Å². The van der Waals surface area contributed by atoms with Crippen molar-refractivity contribution in [1.29, 1.82) is 0 Å². The van der Waals surface area contributed by atoms with Gasteiger partial charge in [0.25, 0.3) is 5.91 Å². The molecule has 1 aliphatic carbocycles. The molecule has 0 radical (unpaired) electrons. The van der Waals surface area contributed by atoms with Crippen molar-refractivity contribution >= 4 is 21.8 Å². The fourth-order valence-electron chi connectivity index (χ4n) is 2.78.